The van der Waals surface area contributed by atoms with Crippen molar-refractivity contribution < 1.29 is 9.90 Å². The van der Waals surface area contributed by atoms with E-state index in [1.165, 1.54) is 11.3 Å². The third-order valence-electron chi connectivity index (χ3n) is 2.97. The molecule has 0 aliphatic carbocycles. The van der Waals surface area contributed by atoms with Gasteiger partial charge in [0.25, 0.3) is 0 Å². The standard InChI is InChI=1S/C12H15ClN4O2S/c1-3-4-8(5-9(18)19)17-12(14-15-16-17)11-10(13)7(2)6-20-11/h6,8H,3-5H2,1-2H3,(H,18,19). The van der Waals surface area contributed by atoms with E-state index in [-0.39, 0.29) is 12.5 Å². The minimum Gasteiger partial charge on any atom is -0.481 e. The van der Waals surface area contributed by atoms with Gasteiger partial charge in [0, 0.05) is 0 Å². The predicted molar refractivity (Wildman–Crippen MR) is 77.1 cm³/mol. The predicted octanol–water partition coefficient (Wildman–Crippen LogP) is 3.18. The molecule has 1 atom stereocenters. The van der Waals surface area contributed by atoms with Gasteiger partial charge in [-0.25, -0.2) is 4.68 Å². The molecule has 2 aromatic rings. The Morgan fingerprint density at radius 2 is 2.35 bits per heavy atom. The molecule has 20 heavy (non-hydrogen) atoms. The van der Waals surface area contributed by atoms with Gasteiger partial charge in [0.2, 0.25) is 0 Å². The highest BCUT2D eigenvalue weighted by atomic mass is 35.5. The third-order valence-corrected chi connectivity index (χ3v) is 4.67. The molecule has 1 unspecified atom stereocenters. The molecule has 0 amide bonds. The summed E-state index contributed by atoms with van der Waals surface area (Å²) in [6.07, 6.45) is 1.55. The van der Waals surface area contributed by atoms with Crippen molar-refractivity contribution in [2.75, 3.05) is 0 Å². The molecule has 0 aliphatic heterocycles. The number of hydrogen-bond donors (Lipinski definition) is 1. The van der Waals surface area contributed by atoms with E-state index < -0.39 is 5.97 Å². The zero-order chi connectivity index (χ0) is 14.7. The molecule has 2 heterocycles. The Labute approximate surface area is 125 Å². The van der Waals surface area contributed by atoms with Crippen LogP contribution in [0.4, 0.5) is 0 Å². The van der Waals surface area contributed by atoms with E-state index in [1.54, 1.807) is 4.68 Å². The van der Waals surface area contributed by atoms with Crippen LogP contribution < -0.4 is 0 Å². The SMILES string of the molecule is CCCC(CC(=O)O)n1nnnc1-c1scc(C)c1Cl. The summed E-state index contributed by atoms with van der Waals surface area (Å²) in [6.45, 7) is 3.92. The molecule has 2 aromatic heterocycles. The number of aryl methyl sites for hydroxylation is 1. The Hall–Kier alpha value is -1.47. The average molecular weight is 315 g/mol. The van der Waals surface area contributed by atoms with Crippen LogP contribution in [-0.2, 0) is 4.79 Å². The molecular weight excluding hydrogens is 300 g/mol. The van der Waals surface area contributed by atoms with Crippen molar-refractivity contribution in [3.05, 3.63) is 16.0 Å². The van der Waals surface area contributed by atoms with Gasteiger partial charge in [0.15, 0.2) is 5.82 Å². The van der Waals surface area contributed by atoms with Crippen molar-refractivity contribution in [3.8, 4) is 10.7 Å². The lowest BCUT2D eigenvalue weighted by Gasteiger charge is -2.15. The van der Waals surface area contributed by atoms with Crippen LogP contribution in [0.2, 0.25) is 5.02 Å². The van der Waals surface area contributed by atoms with Gasteiger partial charge in [-0.1, -0.05) is 24.9 Å². The van der Waals surface area contributed by atoms with Gasteiger partial charge >= 0.3 is 5.97 Å². The van der Waals surface area contributed by atoms with Crippen LogP contribution in [0.25, 0.3) is 10.7 Å². The number of nitrogens with zero attached hydrogens (tertiary/aromatic N) is 4. The first kappa shape index (κ1) is 14.9. The van der Waals surface area contributed by atoms with Crippen molar-refractivity contribution in [2.45, 2.75) is 39.2 Å². The number of carboxylic acids is 1. The van der Waals surface area contributed by atoms with E-state index in [2.05, 4.69) is 15.5 Å². The molecule has 8 heteroatoms. The third kappa shape index (κ3) is 2.99. The topological polar surface area (TPSA) is 80.9 Å². The van der Waals surface area contributed by atoms with Crippen molar-refractivity contribution >= 4 is 28.9 Å². The first-order chi connectivity index (χ1) is 9.54. The highest BCUT2D eigenvalue weighted by Crippen LogP contribution is 2.36. The van der Waals surface area contributed by atoms with Crippen molar-refractivity contribution in [2.24, 2.45) is 0 Å². The van der Waals surface area contributed by atoms with E-state index in [1.807, 2.05) is 19.2 Å². The van der Waals surface area contributed by atoms with Crippen LogP contribution >= 0.6 is 22.9 Å². The van der Waals surface area contributed by atoms with Crippen LogP contribution in [0.5, 0.6) is 0 Å². The molecule has 0 aromatic carbocycles. The molecule has 0 spiro atoms. The van der Waals surface area contributed by atoms with E-state index in [9.17, 15) is 4.79 Å². The monoisotopic (exact) mass is 314 g/mol. The van der Waals surface area contributed by atoms with E-state index >= 15 is 0 Å². The Morgan fingerprint density at radius 3 is 2.90 bits per heavy atom. The minimum absolute atomic E-state index is 0.00609. The Balaban J connectivity index is 2.40. The molecule has 1 N–H and O–H groups in total. The van der Waals surface area contributed by atoms with Crippen LogP contribution in [0.1, 0.15) is 37.8 Å². The second kappa shape index (κ2) is 6.32. The maximum Gasteiger partial charge on any atom is 0.305 e. The smallest absolute Gasteiger partial charge is 0.305 e. The summed E-state index contributed by atoms with van der Waals surface area (Å²) in [7, 11) is 0. The van der Waals surface area contributed by atoms with E-state index in [0.29, 0.717) is 17.3 Å². The van der Waals surface area contributed by atoms with Crippen LogP contribution in [0.3, 0.4) is 0 Å². The zero-order valence-electron chi connectivity index (χ0n) is 11.2. The quantitative estimate of drug-likeness (QED) is 0.885. The summed E-state index contributed by atoms with van der Waals surface area (Å²) in [6, 6.07) is -0.263. The summed E-state index contributed by atoms with van der Waals surface area (Å²) < 4.78 is 1.58. The van der Waals surface area contributed by atoms with E-state index in [4.69, 9.17) is 16.7 Å². The number of carbonyl (C=O) groups is 1. The number of halogens is 1. The van der Waals surface area contributed by atoms with E-state index in [0.717, 1.165) is 16.9 Å². The summed E-state index contributed by atoms with van der Waals surface area (Å²) in [5, 5.41) is 23.2. The van der Waals surface area contributed by atoms with Crippen molar-refractivity contribution in [1.82, 2.24) is 20.2 Å². The number of aromatic nitrogens is 4. The summed E-state index contributed by atoms with van der Waals surface area (Å²) in [5.74, 6) is -0.328. The number of thiophene rings is 1. The summed E-state index contributed by atoms with van der Waals surface area (Å²) in [4.78, 5) is 11.8. The van der Waals surface area contributed by atoms with Gasteiger partial charge in [-0.05, 0) is 34.7 Å². The second-order valence-corrected chi connectivity index (χ2v) is 5.81. The fourth-order valence-corrected chi connectivity index (χ4v) is 3.27. The van der Waals surface area contributed by atoms with Crippen molar-refractivity contribution in [3.63, 3.8) is 0 Å². The van der Waals surface area contributed by atoms with Gasteiger partial charge < -0.3 is 5.11 Å². The van der Waals surface area contributed by atoms with Gasteiger partial charge in [-0.3, -0.25) is 4.79 Å². The molecule has 0 aliphatic rings. The molecule has 0 saturated carbocycles. The molecule has 2 rings (SSSR count). The van der Waals surface area contributed by atoms with Crippen LogP contribution in [-0.4, -0.2) is 31.3 Å². The van der Waals surface area contributed by atoms with Gasteiger partial charge in [0.1, 0.15) is 0 Å². The average Bonchev–Trinajstić information content (AvgIpc) is 2.97. The normalized spacial score (nSPS) is 12.6. The lowest BCUT2D eigenvalue weighted by atomic mass is 10.1. The zero-order valence-corrected chi connectivity index (χ0v) is 12.8. The molecular formula is C12H15ClN4O2S. The molecule has 108 valence electrons. The van der Waals surface area contributed by atoms with Crippen LogP contribution in [0.15, 0.2) is 5.38 Å². The molecule has 0 fully saturated rings. The highest BCUT2D eigenvalue weighted by Gasteiger charge is 2.23. The second-order valence-electron chi connectivity index (χ2n) is 4.55. The first-order valence-corrected chi connectivity index (χ1v) is 7.54. The lowest BCUT2D eigenvalue weighted by Crippen LogP contribution is -2.16. The van der Waals surface area contributed by atoms with Gasteiger partial charge in [-0.2, -0.15) is 0 Å². The summed E-state index contributed by atoms with van der Waals surface area (Å²) >= 11 is 7.70. The number of hydrogen-bond acceptors (Lipinski definition) is 5. The largest absolute Gasteiger partial charge is 0.481 e. The molecule has 0 saturated heterocycles. The number of rotatable bonds is 6. The molecule has 6 nitrogen and oxygen atoms in total. The fraction of sp³-hybridized carbons (Fsp3) is 0.500. The maximum atomic E-state index is 11.0. The Bertz CT molecular complexity index is 610. The number of aliphatic carboxylic acids is 1. The first-order valence-electron chi connectivity index (χ1n) is 6.28. The summed E-state index contributed by atoms with van der Waals surface area (Å²) in [5.41, 5.74) is 0.964. The van der Waals surface area contributed by atoms with Crippen molar-refractivity contribution in [1.29, 1.82) is 0 Å². The fourth-order valence-electron chi connectivity index (χ4n) is 2.02. The highest BCUT2D eigenvalue weighted by molar-refractivity contribution is 7.14. The van der Waals surface area contributed by atoms with Gasteiger partial charge in [0.05, 0.1) is 22.4 Å². The Morgan fingerprint density at radius 1 is 1.60 bits per heavy atom. The number of carboxylic acid groups (broad SMARTS) is 1. The molecule has 0 radical (unpaired) electrons. The van der Waals surface area contributed by atoms with Crippen LogP contribution in [0, 0.1) is 6.92 Å². The maximum absolute atomic E-state index is 11.0. The van der Waals surface area contributed by atoms with Gasteiger partial charge in [-0.15, -0.1) is 16.4 Å². The Kier molecular flexibility index (Phi) is 4.72. The minimum atomic E-state index is -0.863. The lowest BCUT2D eigenvalue weighted by molar-refractivity contribution is -0.138. The number of tetrazole rings is 1. The molecule has 0 bridgehead atoms.